The second-order valence-corrected chi connectivity index (χ2v) is 3.88. The molecule has 2 heterocycles. The van der Waals surface area contributed by atoms with Crippen molar-refractivity contribution in [2.24, 2.45) is 0 Å². The van der Waals surface area contributed by atoms with Crippen molar-refractivity contribution in [2.75, 3.05) is 23.8 Å². The monoisotopic (exact) mass is 211 g/mol. The number of aromatic amines is 1. The molecule has 6 heteroatoms. The number of nitrogens with two attached hydrogens (primary N) is 1. The number of rotatable bonds is 2. The zero-order chi connectivity index (χ0) is 10.8. The van der Waals surface area contributed by atoms with E-state index < -0.39 is 0 Å². The molecule has 3 N–H and O–H groups in total. The van der Waals surface area contributed by atoms with Gasteiger partial charge in [-0.2, -0.15) is 4.98 Å². The summed E-state index contributed by atoms with van der Waals surface area (Å²) in [5.74, 6) is 1.04. The summed E-state index contributed by atoms with van der Waals surface area (Å²) in [6, 6.07) is 0.344. The van der Waals surface area contributed by atoms with Crippen LogP contribution in [0.4, 0.5) is 11.9 Å². The van der Waals surface area contributed by atoms with Gasteiger partial charge in [0.1, 0.15) is 0 Å². The molecule has 1 saturated heterocycles. The van der Waals surface area contributed by atoms with Crippen LogP contribution in [0.2, 0.25) is 0 Å². The van der Waals surface area contributed by atoms with E-state index in [1.54, 1.807) is 0 Å². The van der Waals surface area contributed by atoms with E-state index in [1.807, 2.05) is 0 Å². The molecule has 0 spiro atoms. The average Bonchev–Trinajstić information content (AvgIpc) is 2.65. The molecule has 0 saturated carbocycles. The van der Waals surface area contributed by atoms with E-state index in [0.29, 0.717) is 17.9 Å². The Morgan fingerprint density at radius 2 is 2.47 bits per heavy atom. The summed E-state index contributed by atoms with van der Waals surface area (Å²) < 4.78 is 5.60. The van der Waals surface area contributed by atoms with E-state index in [-0.39, 0.29) is 6.10 Å². The average molecular weight is 211 g/mol. The van der Waals surface area contributed by atoms with Gasteiger partial charge in [0.15, 0.2) is 0 Å². The molecule has 1 aliphatic rings. The Bertz CT molecular complexity index is 326. The van der Waals surface area contributed by atoms with E-state index in [4.69, 9.17) is 10.5 Å². The van der Waals surface area contributed by atoms with Crippen molar-refractivity contribution in [2.45, 2.75) is 32.4 Å². The summed E-state index contributed by atoms with van der Waals surface area (Å²) in [6.07, 6.45) is 1.23. The Hall–Kier alpha value is -1.30. The standard InChI is InChI=1S/C9H17N5O/c1-3-7-5-15-6(2)4-14(7)9-11-8(10)12-13-9/h6-7H,3-5H2,1-2H3,(H3,10,11,12,13). The number of aromatic nitrogens is 3. The summed E-state index contributed by atoms with van der Waals surface area (Å²) in [6.45, 7) is 5.73. The van der Waals surface area contributed by atoms with Crippen LogP contribution in [0.1, 0.15) is 20.3 Å². The van der Waals surface area contributed by atoms with Crippen molar-refractivity contribution < 1.29 is 4.74 Å². The Kier molecular flexibility index (Phi) is 2.77. The molecule has 1 aromatic rings. The summed E-state index contributed by atoms with van der Waals surface area (Å²) in [7, 11) is 0. The van der Waals surface area contributed by atoms with Gasteiger partial charge in [0, 0.05) is 6.54 Å². The highest BCUT2D eigenvalue weighted by Crippen LogP contribution is 2.19. The molecule has 15 heavy (non-hydrogen) atoms. The zero-order valence-corrected chi connectivity index (χ0v) is 9.10. The number of hydrogen-bond donors (Lipinski definition) is 2. The molecule has 1 fully saturated rings. The Labute approximate surface area is 88.8 Å². The maximum Gasteiger partial charge on any atom is 0.246 e. The third-order valence-corrected chi connectivity index (χ3v) is 2.69. The highest BCUT2D eigenvalue weighted by atomic mass is 16.5. The van der Waals surface area contributed by atoms with E-state index >= 15 is 0 Å². The summed E-state index contributed by atoms with van der Waals surface area (Å²) in [5, 5.41) is 6.74. The second kappa shape index (κ2) is 4.06. The first-order chi connectivity index (χ1) is 7.20. The molecule has 0 radical (unpaired) electrons. The Morgan fingerprint density at radius 1 is 1.67 bits per heavy atom. The molecule has 0 amide bonds. The molecular weight excluding hydrogens is 194 g/mol. The number of ether oxygens (including phenoxy) is 1. The molecule has 0 aliphatic carbocycles. The largest absolute Gasteiger partial charge is 0.375 e. The van der Waals surface area contributed by atoms with E-state index in [2.05, 4.69) is 33.9 Å². The Balaban J connectivity index is 2.16. The number of nitrogens with one attached hydrogen (secondary N) is 1. The lowest BCUT2D eigenvalue weighted by Gasteiger charge is -2.37. The molecule has 2 unspecified atom stereocenters. The molecule has 2 rings (SSSR count). The van der Waals surface area contributed by atoms with Crippen molar-refractivity contribution in [3.8, 4) is 0 Å². The summed E-state index contributed by atoms with van der Waals surface area (Å²) >= 11 is 0. The zero-order valence-electron chi connectivity index (χ0n) is 9.10. The predicted octanol–water partition coefficient (Wildman–Crippen LogP) is 0.391. The first kappa shape index (κ1) is 10.2. The van der Waals surface area contributed by atoms with Crippen molar-refractivity contribution in [1.29, 1.82) is 0 Å². The molecule has 6 nitrogen and oxygen atoms in total. The highest BCUT2D eigenvalue weighted by Gasteiger charge is 2.27. The van der Waals surface area contributed by atoms with E-state index in [1.165, 1.54) is 0 Å². The number of morpholine rings is 1. The SMILES string of the molecule is CCC1COC(C)CN1c1n[nH]c(N)n1. The topological polar surface area (TPSA) is 80.1 Å². The maximum atomic E-state index is 5.60. The fourth-order valence-electron chi connectivity index (χ4n) is 1.82. The summed E-state index contributed by atoms with van der Waals surface area (Å²) in [4.78, 5) is 6.30. The van der Waals surface area contributed by atoms with Gasteiger partial charge in [0.25, 0.3) is 0 Å². The third kappa shape index (κ3) is 2.04. The van der Waals surface area contributed by atoms with Gasteiger partial charge in [-0.15, -0.1) is 5.10 Å². The number of nitrogens with zero attached hydrogens (tertiary/aromatic N) is 3. The summed E-state index contributed by atoms with van der Waals surface area (Å²) in [5.41, 5.74) is 5.52. The van der Waals surface area contributed by atoms with E-state index in [9.17, 15) is 0 Å². The van der Waals surface area contributed by atoms with Gasteiger partial charge in [-0.1, -0.05) is 6.92 Å². The van der Waals surface area contributed by atoms with Gasteiger partial charge in [-0.25, -0.2) is 5.10 Å². The normalized spacial score (nSPS) is 26.9. The first-order valence-electron chi connectivity index (χ1n) is 5.26. The van der Waals surface area contributed by atoms with Crippen LogP contribution in [-0.2, 0) is 4.74 Å². The van der Waals surface area contributed by atoms with Crippen molar-refractivity contribution in [3.63, 3.8) is 0 Å². The quantitative estimate of drug-likeness (QED) is 0.739. The van der Waals surface area contributed by atoms with Crippen molar-refractivity contribution in [3.05, 3.63) is 0 Å². The number of anilines is 2. The van der Waals surface area contributed by atoms with Gasteiger partial charge < -0.3 is 15.4 Å². The fourth-order valence-corrected chi connectivity index (χ4v) is 1.82. The Morgan fingerprint density at radius 3 is 3.07 bits per heavy atom. The van der Waals surface area contributed by atoms with Gasteiger partial charge in [0.2, 0.25) is 11.9 Å². The van der Waals surface area contributed by atoms with Crippen LogP contribution in [0.3, 0.4) is 0 Å². The highest BCUT2D eigenvalue weighted by molar-refractivity contribution is 5.36. The van der Waals surface area contributed by atoms with Crippen LogP contribution in [-0.4, -0.2) is 40.5 Å². The first-order valence-corrected chi connectivity index (χ1v) is 5.26. The van der Waals surface area contributed by atoms with Crippen LogP contribution in [0.5, 0.6) is 0 Å². The fraction of sp³-hybridized carbons (Fsp3) is 0.778. The molecule has 0 bridgehead atoms. The van der Waals surface area contributed by atoms with Crippen LogP contribution < -0.4 is 10.6 Å². The van der Waals surface area contributed by atoms with Crippen molar-refractivity contribution >= 4 is 11.9 Å². The molecule has 2 atom stereocenters. The lowest BCUT2D eigenvalue weighted by molar-refractivity contribution is 0.0293. The number of hydrogen-bond acceptors (Lipinski definition) is 5. The third-order valence-electron chi connectivity index (χ3n) is 2.69. The van der Waals surface area contributed by atoms with Crippen molar-refractivity contribution in [1.82, 2.24) is 15.2 Å². The second-order valence-electron chi connectivity index (χ2n) is 3.88. The van der Waals surface area contributed by atoms with Crippen LogP contribution >= 0.6 is 0 Å². The van der Waals surface area contributed by atoms with Crippen LogP contribution in [0, 0.1) is 0 Å². The minimum absolute atomic E-state index is 0.215. The molecule has 1 aromatic heterocycles. The number of H-pyrrole nitrogens is 1. The van der Waals surface area contributed by atoms with Crippen LogP contribution in [0.25, 0.3) is 0 Å². The maximum absolute atomic E-state index is 5.60. The van der Waals surface area contributed by atoms with Gasteiger partial charge in [-0.05, 0) is 13.3 Å². The number of nitrogen functional groups attached to an aromatic ring is 1. The van der Waals surface area contributed by atoms with E-state index in [0.717, 1.165) is 19.6 Å². The van der Waals surface area contributed by atoms with Gasteiger partial charge in [0.05, 0.1) is 18.8 Å². The lowest BCUT2D eigenvalue weighted by atomic mass is 10.1. The predicted molar refractivity (Wildman–Crippen MR) is 57.6 cm³/mol. The minimum Gasteiger partial charge on any atom is -0.375 e. The molecule has 84 valence electrons. The lowest BCUT2D eigenvalue weighted by Crippen LogP contribution is -2.49. The van der Waals surface area contributed by atoms with Gasteiger partial charge in [-0.3, -0.25) is 0 Å². The molecule has 1 aliphatic heterocycles. The minimum atomic E-state index is 0.215. The van der Waals surface area contributed by atoms with Gasteiger partial charge >= 0.3 is 0 Å². The smallest absolute Gasteiger partial charge is 0.246 e. The molecular formula is C9H17N5O. The molecule has 0 aromatic carbocycles. The van der Waals surface area contributed by atoms with Crippen LogP contribution in [0.15, 0.2) is 0 Å².